The van der Waals surface area contributed by atoms with Gasteiger partial charge in [-0.05, 0) is 52.8 Å². The van der Waals surface area contributed by atoms with Crippen molar-refractivity contribution in [3.63, 3.8) is 0 Å². The molecule has 2 aromatic heterocycles. The molecule has 0 aliphatic carbocycles. The maximum absolute atomic E-state index is 15.4. The van der Waals surface area contributed by atoms with Crippen LogP contribution < -0.4 is 5.32 Å². The molecule has 164 valence electrons. The van der Waals surface area contributed by atoms with Gasteiger partial charge in [-0.15, -0.1) is 5.10 Å². The molecule has 0 radical (unpaired) electrons. The van der Waals surface area contributed by atoms with Gasteiger partial charge in [-0.2, -0.15) is 0 Å². The highest BCUT2D eigenvalue weighted by atomic mass is 19.1. The molecule has 0 fully saturated rings. The monoisotopic (exact) mass is 428 g/mol. The van der Waals surface area contributed by atoms with Gasteiger partial charge in [0.1, 0.15) is 11.4 Å². The number of aromatic nitrogens is 3. The minimum absolute atomic E-state index is 0.0237. The molecule has 0 spiro atoms. The van der Waals surface area contributed by atoms with Crippen LogP contribution in [0.3, 0.4) is 0 Å². The largest absolute Gasteiger partial charge is 0.461 e. The fourth-order valence-electron chi connectivity index (χ4n) is 3.02. The summed E-state index contributed by atoms with van der Waals surface area (Å²) in [6.07, 6.45) is 0.983. The standard InChI is InChI=1S/C22H25FN4O4/c1-6-30-20(28)18-16-11-8-12-27(16)26-19(25-18)15-10-7-9-14(17(15)23)13(2)24-21(29)31-22(3,4)5/h7-13H,6H2,1-5H3,(H,24,29)/t13-/m1/s1. The van der Waals surface area contributed by atoms with Crippen LogP contribution >= 0.6 is 0 Å². The number of carbonyl (C=O) groups excluding carboxylic acids is 2. The van der Waals surface area contributed by atoms with Crippen LogP contribution in [-0.2, 0) is 9.47 Å². The quantitative estimate of drug-likeness (QED) is 0.609. The van der Waals surface area contributed by atoms with E-state index in [0.717, 1.165) is 0 Å². The SMILES string of the molecule is CCOC(=O)c1nc(-c2cccc([C@@H](C)NC(=O)OC(C)(C)C)c2F)nn2cccc12. The third kappa shape index (κ3) is 4.99. The number of amides is 1. The Labute approximate surface area is 179 Å². The predicted molar refractivity (Wildman–Crippen MR) is 112 cm³/mol. The van der Waals surface area contributed by atoms with Crippen LogP contribution in [0.1, 0.15) is 56.7 Å². The second-order valence-corrected chi connectivity index (χ2v) is 7.92. The molecule has 3 rings (SSSR count). The van der Waals surface area contributed by atoms with Crippen molar-refractivity contribution in [2.24, 2.45) is 0 Å². The van der Waals surface area contributed by atoms with E-state index in [4.69, 9.17) is 9.47 Å². The van der Waals surface area contributed by atoms with Gasteiger partial charge in [0.25, 0.3) is 0 Å². The number of alkyl carbamates (subject to hydrolysis) is 1. The number of halogens is 1. The molecule has 8 nitrogen and oxygen atoms in total. The van der Waals surface area contributed by atoms with E-state index in [2.05, 4.69) is 15.4 Å². The number of rotatable bonds is 5. The second kappa shape index (κ2) is 8.71. The average Bonchev–Trinajstić information content (AvgIpc) is 3.14. The lowest BCUT2D eigenvalue weighted by molar-refractivity contribution is 0.0501. The Morgan fingerprint density at radius 3 is 2.65 bits per heavy atom. The van der Waals surface area contributed by atoms with E-state index in [1.807, 2.05) is 0 Å². The molecule has 1 atom stereocenters. The van der Waals surface area contributed by atoms with Crippen molar-refractivity contribution in [3.8, 4) is 11.4 Å². The summed E-state index contributed by atoms with van der Waals surface area (Å²) < 4.78 is 27.2. The Hall–Kier alpha value is -3.49. The summed E-state index contributed by atoms with van der Waals surface area (Å²) in [7, 11) is 0. The highest BCUT2D eigenvalue weighted by molar-refractivity contribution is 5.95. The zero-order valence-corrected chi connectivity index (χ0v) is 18.1. The zero-order valence-electron chi connectivity index (χ0n) is 18.1. The number of hydrogen-bond donors (Lipinski definition) is 1. The van der Waals surface area contributed by atoms with E-state index in [9.17, 15) is 9.59 Å². The number of ether oxygens (including phenoxy) is 2. The summed E-state index contributed by atoms with van der Waals surface area (Å²) in [5, 5.41) is 6.95. The summed E-state index contributed by atoms with van der Waals surface area (Å²) in [6, 6.07) is 7.41. The normalized spacial score (nSPS) is 12.5. The highest BCUT2D eigenvalue weighted by Gasteiger charge is 2.23. The van der Waals surface area contributed by atoms with E-state index in [1.165, 1.54) is 10.6 Å². The first-order valence-corrected chi connectivity index (χ1v) is 9.91. The van der Waals surface area contributed by atoms with E-state index < -0.39 is 29.5 Å². The van der Waals surface area contributed by atoms with Crippen molar-refractivity contribution in [1.82, 2.24) is 19.9 Å². The molecule has 0 unspecified atom stereocenters. The van der Waals surface area contributed by atoms with E-state index in [0.29, 0.717) is 5.52 Å². The van der Waals surface area contributed by atoms with E-state index in [1.54, 1.807) is 65.1 Å². The van der Waals surface area contributed by atoms with Crippen LogP contribution in [0.25, 0.3) is 16.9 Å². The Bertz CT molecular complexity index is 1120. The highest BCUT2D eigenvalue weighted by Crippen LogP contribution is 2.27. The lowest BCUT2D eigenvalue weighted by Crippen LogP contribution is -2.34. The van der Waals surface area contributed by atoms with Crippen molar-refractivity contribution in [2.45, 2.75) is 46.3 Å². The lowest BCUT2D eigenvalue weighted by atomic mass is 10.0. The van der Waals surface area contributed by atoms with Gasteiger partial charge in [-0.1, -0.05) is 12.1 Å². The third-order valence-electron chi connectivity index (χ3n) is 4.33. The fourth-order valence-corrected chi connectivity index (χ4v) is 3.02. The molecule has 1 aromatic carbocycles. The average molecular weight is 428 g/mol. The number of nitrogens with zero attached hydrogens (tertiary/aromatic N) is 3. The Morgan fingerprint density at radius 1 is 1.23 bits per heavy atom. The van der Waals surface area contributed by atoms with Crippen LogP contribution in [0.4, 0.5) is 9.18 Å². The molecule has 2 heterocycles. The van der Waals surface area contributed by atoms with Gasteiger partial charge < -0.3 is 14.8 Å². The van der Waals surface area contributed by atoms with Gasteiger partial charge in [0.05, 0.1) is 23.7 Å². The Balaban J connectivity index is 1.98. The summed E-state index contributed by atoms with van der Waals surface area (Å²) in [5.41, 5.74) is 0.155. The minimum atomic E-state index is -0.673. The van der Waals surface area contributed by atoms with Crippen LogP contribution in [-0.4, -0.2) is 38.9 Å². The van der Waals surface area contributed by atoms with Gasteiger partial charge in [0, 0.05) is 11.8 Å². The van der Waals surface area contributed by atoms with Crippen LogP contribution in [0.2, 0.25) is 0 Å². The van der Waals surface area contributed by atoms with E-state index in [-0.39, 0.29) is 29.3 Å². The molecule has 0 bridgehead atoms. The maximum Gasteiger partial charge on any atom is 0.408 e. The number of esters is 1. The molecule has 1 N–H and O–H groups in total. The molecule has 31 heavy (non-hydrogen) atoms. The first kappa shape index (κ1) is 22.2. The first-order valence-electron chi connectivity index (χ1n) is 9.91. The molecule has 0 aliphatic heterocycles. The third-order valence-corrected chi connectivity index (χ3v) is 4.33. The van der Waals surface area contributed by atoms with E-state index >= 15 is 4.39 Å². The topological polar surface area (TPSA) is 94.8 Å². The zero-order chi connectivity index (χ0) is 22.8. The van der Waals surface area contributed by atoms with Gasteiger partial charge in [0.15, 0.2) is 11.5 Å². The van der Waals surface area contributed by atoms with Crippen LogP contribution in [0.15, 0.2) is 36.5 Å². The van der Waals surface area contributed by atoms with Gasteiger partial charge in [0.2, 0.25) is 0 Å². The maximum atomic E-state index is 15.4. The summed E-state index contributed by atoms with van der Waals surface area (Å²) in [4.78, 5) is 28.7. The van der Waals surface area contributed by atoms with Gasteiger partial charge >= 0.3 is 12.1 Å². The molecule has 1 amide bonds. The van der Waals surface area contributed by atoms with Crippen molar-refractivity contribution in [2.75, 3.05) is 6.61 Å². The number of fused-ring (bicyclic) bond motifs is 1. The van der Waals surface area contributed by atoms with Crippen LogP contribution in [0.5, 0.6) is 0 Å². The first-order chi connectivity index (χ1) is 14.6. The van der Waals surface area contributed by atoms with Crippen molar-refractivity contribution >= 4 is 17.6 Å². The van der Waals surface area contributed by atoms with Crippen molar-refractivity contribution in [3.05, 3.63) is 53.6 Å². The fraction of sp³-hybridized carbons (Fsp3) is 0.364. The molecular formula is C22H25FN4O4. The smallest absolute Gasteiger partial charge is 0.408 e. The summed E-state index contributed by atoms with van der Waals surface area (Å²) in [6.45, 7) is 8.75. The summed E-state index contributed by atoms with van der Waals surface area (Å²) >= 11 is 0. The van der Waals surface area contributed by atoms with Gasteiger partial charge in [-0.3, -0.25) is 0 Å². The minimum Gasteiger partial charge on any atom is -0.461 e. The number of benzene rings is 1. The molecule has 9 heteroatoms. The predicted octanol–water partition coefficient (Wildman–Crippen LogP) is 4.30. The molecule has 0 aliphatic rings. The number of carbonyl (C=O) groups is 2. The molecule has 3 aromatic rings. The Kier molecular flexibility index (Phi) is 6.24. The van der Waals surface area contributed by atoms with Crippen LogP contribution in [0, 0.1) is 5.82 Å². The number of hydrogen-bond acceptors (Lipinski definition) is 6. The lowest BCUT2D eigenvalue weighted by Gasteiger charge is -2.22. The van der Waals surface area contributed by atoms with Gasteiger partial charge in [-0.25, -0.2) is 23.5 Å². The van der Waals surface area contributed by atoms with Crippen molar-refractivity contribution in [1.29, 1.82) is 0 Å². The molecule has 0 saturated carbocycles. The van der Waals surface area contributed by atoms with Crippen molar-refractivity contribution < 1.29 is 23.5 Å². The number of nitrogens with one attached hydrogen (secondary N) is 1. The Morgan fingerprint density at radius 2 is 1.97 bits per heavy atom. The molecule has 0 saturated heterocycles. The molecular weight excluding hydrogens is 403 g/mol. The second-order valence-electron chi connectivity index (χ2n) is 7.92. The summed E-state index contributed by atoms with van der Waals surface area (Å²) in [5.74, 6) is -1.20.